The highest BCUT2D eigenvalue weighted by molar-refractivity contribution is 5.79. The van der Waals surface area contributed by atoms with Crippen molar-refractivity contribution in [1.29, 1.82) is 0 Å². The molecule has 0 fully saturated rings. The Bertz CT molecular complexity index is 444. The fourth-order valence-corrected chi connectivity index (χ4v) is 1.29. The maximum atomic E-state index is 12.1. The summed E-state index contributed by atoms with van der Waals surface area (Å²) in [5.41, 5.74) is 5.51. The van der Waals surface area contributed by atoms with Crippen LogP contribution in [-0.2, 0) is 6.54 Å². The zero-order valence-electron chi connectivity index (χ0n) is 8.62. The molecule has 0 aliphatic heterocycles. The molecule has 0 aromatic heterocycles. The number of aliphatic imine (C=N–C) groups is 1. The van der Waals surface area contributed by atoms with E-state index in [0.29, 0.717) is 6.29 Å². The number of benzene rings is 1. The lowest BCUT2D eigenvalue weighted by molar-refractivity contribution is -0.274. The number of hydrogen-bond donors (Lipinski definition) is 1. The molecule has 0 aliphatic carbocycles. The minimum atomic E-state index is -4.87. The van der Waals surface area contributed by atoms with Crippen LogP contribution in [0.1, 0.15) is 15.9 Å². The summed E-state index contributed by atoms with van der Waals surface area (Å²) in [6.45, 7) is 3.07. The maximum absolute atomic E-state index is 12.1. The molecule has 2 N–H and O–H groups in total. The van der Waals surface area contributed by atoms with Gasteiger partial charge >= 0.3 is 6.36 Å². The predicted molar refractivity (Wildman–Crippen MR) is 55.6 cm³/mol. The Labute approximate surface area is 94.9 Å². The van der Waals surface area contributed by atoms with Crippen LogP contribution in [0.4, 0.5) is 18.9 Å². The number of nitrogens with zero attached hydrogens (tertiary/aromatic N) is 1. The van der Waals surface area contributed by atoms with E-state index < -0.39 is 12.1 Å². The van der Waals surface area contributed by atoms with Crippen molar-refractivity contribution < 1.29 is 22.7 Å². The van der Waals surface area contributed by atoms with Gasteiger partial charge in [-0.3, -0.25) is 9.79 Å². The Morgan fingerprint density at radius 3 is 2.53 bits per heavy atom. The zero-order chi connectivity index (χ0) is 13.1. The lowest BCUT2D eigenvalue weighted by Gasteiger charge is -2.13. The molecule has 1 rings (SSSR count). The molecule has 0 saturated carbocycles. The second-order valence-corrected chi connectivity index (χ2v) is 3.05. The summed E-state index contributed by atoms with van der Waals surface area (Å²) in [6.07, 6.45) is -4.47. The number of hydrogen-bond acceptors (Lipinski definition) is 4. The molecule has 4 nitrogen and oxygen atoms in total. The van der Waals surface area contributed by atoms with Crippen LogP contribution < -0.4 is 10.5 Å². The molecule has 1 aromatic rings. The van der Waals surface area contributed by atoms with Crippen molar-refractivity contribution in [2.75, 3.05) is 0 Å². The molecule has 7 heteroatoms. The van der Waals surface area contributed by atoms with Crippen LogP contribution in [0.5, 0.6) is 5.75 Å². The van der Waals surface area contributed by atoms with Gasteiger partial charge in [0.2, 0.25) is 0 Å². The summed E-state index contributed by atoms with van der Waals surface area (Å²) in [5, 5.41) is 0. The van der Waals surface area contributed by atoms with Gasteiger partial charge in [0.25, 0.3) is 0 Å². The predicted octanol–water partition coefficient (Wildman–Crippen LogP) is 2.19. The Kier molecular flexibility index (Phi) is 3.84. The molecule has 0 bridgehead atoms. The highest BCUT2D eigenvalue weighted by atomic mass is 19.4. The average Bonchev–Trinajstić information content (AvgIpc) is 2.25. The number of aldehydes is 1. The summed E-state index contributed by atoms with van der Waals surface area (Å²) in [5.74, 6) is -0.586. The average molecular weight is 246 g/mol. The largest absolute Gasteiger partial charge is 0.573 e. The SMILES string of the molecule is C=Nc1c(CN)cc(C=O)cc1OC(F)(F)F. The van der Waals surface area contributed by atoms with Crippen LogP contribution in [0.15, 0.2) is 17.1 Å². The summed E-state index contributed by atoms with van der Waals surface area (Å²) in [4.78, 5) is 14.0. The van der Waals surface area contributed by atoms with Gasteiger partial charge in [0.05, 0.1) is 0 Å². The molecule has 0 amide bonds. The molecule has 17 heavy (non-hydrogen) atoms. The number of carbonyl (C=O) groups is 1. The molecule has 92 valence electrons. The lowest BCUT2D eigenvalue weighted by Crippen LogP contribution is -2.17. The van der Waals surface area contributed by atoms with Crippen LogP contribution in [0.2, 0.25) is 0 Å². The van der Waals surface area contributed by atoms with Crippen LogP contribution >= 0.6 is 0 Å². The number of halogens is 3. The Balaban J connectivity index is 3.34. The molecule has 0 unspecified atom stereocenters. The van der Waals surface area contributed by atoms with E-state index in [2.05, 4.69) is 16.4 Å². The van der Waals surface area contributed by atoms with Crippen LogP contribution in [0, 0.1) is 0 Å². The van der Waals surface area contributed by atoms with Gasteiger partial charge in [0.1, 0.15) is 12.0 Å². The first-order chi connectivity index (χ1) is 7.91. The molecule has 0 atom stereocenters. The number of ether oxygens (including phenoxy) is 1. The molecular weight excluding hydrogens is 237 g/mol. The molecule has 0 saturated heterocycles. The van der Waals surface area contributed by atoms with Gasteiger partial charge in [-0.1, -0.05) is 0 Å². The smallest absolute Gasteiger partial charge is 0.403 e. The third-order valence-corrected chi connectivity index (χ3v) is 1.92. The second-order valence-electron chi connectivity index (χ2n) is 3.05. The first-order valence-corrected chi connectivity index (χ1v) is 4.46. The minimum absolute atomic E-state index is 0.0251. The normalized spacial score (nSPS) is 11.1. The maximum Gasteiger partial charge on any atom is 0.573 e. The van der Waals surface area contributed by atoms with E-state index in [9.17, 15) is 18.0 Å². The van der Waals surface area contributed by atoms with Gasteiger partial charge < -0.3 is 10.5 Å². The first kappa shape index (κ1) is 13.2. The minimum Gasteiger partial charge on any atom is -0.403 e. The van der Waals surface area contributed by atoms with E-state index >= 15 is 0 Å². The zero-order valence-corrected chi connectivity index (χ0v) is 8.62. The van der Waals surface area contributed by atoms with Crippen molar-refractivity contribution >= 4 is 18.7 Å². The monoisotopic (exact) mass is 246 g/mol. The van der Waals surface area contributed by atoms with E-state index in [1.54, 1.807) is 0 Å². The fraction of sp³-hybridized carbons (Fsp3) is 0.200. The van der Waals surface area contributed by atoms with E-state index in [0.717, 1.165) is 6.07 Å². The van der Waals surface area contributed by atoms with E-state index in [1.807, 2.05) is 0 Å². The van der Waals surface area contributed by atoms with Gasteiger partial charge in [-0.15, -0.1) is 13.2 Å². The standard InChI is InChI=1S/C10H9F3N2O2/c1-15-9-7(4-14)2-6(5-16)3-8(9)17-10(11,12)13/h2-3,5H,1,4,14H2. The number of rotatable bonds is 4. The Morgan fingerprint density at radius 2 is 2.12 bits per heavy atom. The van der Waals surface area contributed by atoms with Crippen molar-refractivity contribution in [3.8, 4) is 5.75 Å². The molecule has 0 aliphatic rings. The molecule has 0 heterocycles. The quantitative estimate of drug-likeness (QED) is 0.654. The van der Waals surface area contributed by atoms with Gasteiger partial charge in [0, 0.05) is 12.1 Å². The van der Waals surface area contributed by atoms with Crippen molar-refractivity contribution in [2.24, 2.45) is 10.7 Å². The summed E-state index contributed by atoms with van der Waals surface area (Å²) in [6, 6.07) is 2.27. The van der Waals surface area contributed by atoms with Crippen molar-refractivity contribution in [2.45, 2.75) is 12.9 Å². The second kappa shape index (κ2) is 4.96. The molecular formula is C10H9F3N2O2. The van der Waals surface area contributed by atoms with Crippen molar-refractivity contribution in [3.63, 3.8) is 0 Å². The van der Waals surface area contributed by atoms with E-state index in [4.69, 9.17) is 5.73 Å². The molecule has 0 spiro atoms. The topological polar surface area (TPSA) is 64.7 Å². The summed E-state index contributed by atoms with van der Waals surface area (Å²) >= 11 is 0. The highest BCUT2D eigenvalue weighted by Gasteiger charge is 2.32. The van der Waals surface area contributed by atoms with Gasteiger partial charge in [0.15, 0.2) is 5.75 Å². The van der Waals surface area contributed by atoms with Crippen LogP contribution in [0.25, 0.3) is 0 Å². The van der Waals surface area contributed by atoms with Crippen molar-refractivity contribution in [3.05, 3.63) is 23.3 Å². The molecule has 0 radical (unpaired) electrons. The Hall–Kier alpha value is -1.89. The van der Waals surface area contributed by atoms with Crippen LogP contribution in [-0.4, -0.2) is 19.4 Å². The number of nitrogens with two attached hydrogens (primary N) is 1. The third-order valence-electron chi connectivity index (χ3n) is 1.92. The van der Waals surface area contributed by atoms with Gasteiger partial charge in [-0.05, 0) is 24.4 Å². The van der Waals surface area contributed by atoms with Crippen molar-refractivity contribution in [1.82, 2.24) is 0 Å². The van der Waals surface area contributed by atoms with Gasteiger partial charge in [-0.2, -0.15) is 0 Å². The van der Waals surface area contributed by atoms with Gasteiger partial charge in [-0.25, -0.2) is 0 Å². The highest BCUT2D eigenvalue weighted by Crippen LogP contribution is 2.35. The fourth-order valence-electron chi connectivity index (χ4n) is 1.29. The first-order valence-electron chi connectivity index (χ1n) is 4.46. The van der Waals surface area contributed by atoms with Crippen LogP contribution in [0.3, 0.4) is 0 Å². The lowest BCUT2D eigenvalue weighted by atomic mass is 10.1. The van der Waals surface area contributed by atoms with E-state index in [1.165, 1.54) is 6.07 Å². The third kappa shape index (κ3) is 3.28. The molecule has 1 aromatic carbocycles. The number of alkyl halides is 3. The summed E-state index contributed by atoms with van der Waals surface area (Å²) in [7, 11) is 0. The van der Waals surface area contributed by atoms with E-state index in [-0.39, 0.29) is 23.4 Å². The number of carbonyl (C=O) groups excluding carboxylic acids is 1. The Morgan fingerprint density at radius 1 is 1.47 bits per heavy atom. The summed E-state index contributed by atoms with van der Waals surface area (Å²) < 4.78 is 40.1.